The molecule has 1 atom stereocenters. The highest BCUT2D eigenvalue weighted by Gasteiger charge is 2.36. The molecule has 1 N–H and O–H groups in total. The van der Waals surface area contributed by atoms with Crippen LogP contribution in [0, 0.1) is 19.8 Å². The Balaban J connectivity index is 1.67. The molecule has 2 amide bonds. The number of nitrogens with one attached hydrogen (secondary N) is 1. The van der Waals surface area contributed by atoms with E-state index in [4.69, 9.17) is 0 Å². The number of benzene rings is 1. The van der Waals surface area contributed by atoms with Crippen molar-refractivity contribution in [3.8, 4) is 0 Å². The summed E-state index contributed by atoms with van der Waals surface area (Å²) in [4.78, 5) is 26.7. The van der Waals surface area contributed by atoms with Gasteiger partial charge in [-0.3, -0.25) is 9.59 Å². The summed E-state index contributed by atoms with van der Waals surface area (Å²) in [6.07, 6.45) is 6.15. The molecule has 23 heavy (non-hydrogen) atoms. The van der Waals surface area contributed by atoms with Gasteiger partial charge in [-0.05, 0) is 43.9 Å². The monoisotopic (exact) mass is 314 g/mol. The van der Waals surface area contributed by atoms with Gasteiger partial charge < -0.3 is 10.2 Å². The molecule has 1 aliphatic carbocycles. The van der Waals surface area contributed by atoms with Crippen molar-refractivity contribution < 1.29 is 9.59 Å². The van der Waals surface area contributed by atoms with Gasteiger partial charge in [0.05, 0.1) is 5.92 Å². The fraction of sp³-hybridized carbons (Fsp3) is 0.579. The lowest BCUT2D eigenvalue weighted by Crippen LogP contribution is -2.40. The van der Waals surface area contributed by atoms with Crippen LogP contribution >= 0.6 is 0 Å². The van der Waals surface area contributed by atoms with E-state index in [1.807, 2.05) is 32.0 Å². The second-order valence-corrected chi connectivity index (χ2v) is 7.04. The Hall–Kier alpha value is -1.84. The zero-order valence-corrected chi connectivity index (χ0v) is 14.1. The minimum atomic E-state index is -0.218. The number of hydrogen-bond acceptors (Lipinski definition) is 2. The molecule has 2 aliphatic rings. The van der Waals surface area contributed by atoms with Gasteiger partial charge in [-0.1, -0.05) is 31.4 Å². The minimum absolute atomic E-state index is 0.0538. The summed E-state index contributed by atoms with van der Waals surface area (Å²) >= 11 is 0. The maximum absolute atomic E-state index is 12.5. The number of aryl methyl sites for hydroxylation is 2. The fourth-order valence-corrected chi connectivity index (χ4v) is 3.69. The highest BCUT2D eigenvalue weighted by molar-refractivity contribution is 6.00. The van der Waals surface area contributed by atoms with Crippen LogP contribution in [0.3, 0.4) is 0 Å². The van der Waals surface area contributed by atoms with Crippen molar-refractivity contribution in [2.24, 2.45) is 5.92 Å². The Labute approximate surface area is 138 Å². The highest BCUT2D eigenvalue weighted by Crippen LogP contribution is 2.29. The van der Waals surface area contributed by atoms with Gasteiger partial charge in [0.15, 0.2) is 0 Å². The molecule has 4 nitrogen and oxygen atoms in total. The molecular formula is C19H26N2O2. The van der Waals surface area contributed by atoms with Crippen molar-refractivity contribution in [2.75, 3.05) is 11.4 Å². The van der Waals surface area contributed by atoms with Crippen LogP contribution in [0.2, 0.25) is 0 Å². The largest absolute Gasteiger partial charge is 0.353 e. The number of hydrogen-bond donors (Lipinski definition) is 1. The number of carbonyl (C=O) groups excluding carboxylic acids is 2. The smallest absolute Gasteiger partial charge is 0.227 e. The topological polar surface area (TPSA) is 49.4 Å². The fourth-order valence-electron chi connectivity index (χ4n) is 3.69. The van der Waals surface area contributed by atoms with Gasteiger partial charge >= 0.3 is 0 Å². The first-order chi connectivity index (χ1) is 11.0. The van der Waals surface area contributed by atoms with E-state index in [-0.39, 0.29) is 17.7 Å². The first kappa shape index (κ1) is 16.0. The molecule has 1 aromatic carbocycles. The summed E-state index contributed by atoms with van der Waals surface area (Å²) in [6.45, 7) is 4.54. The molecule has 2 fully saturated rings. The molecule has 0 radical (unpaired) electrons. The Morgan fingerprint density at radius 1 is 1.17 bits per heavy atom. The number of rotatable bonds is 3. The van der Waals surface area contributed by atoms with Gasteiger partial charge in [0.25, 0.3) is 0 Å². The Morgan fingerprint density at radius 2 is 1.91 bits per heavy atom. The van der Waals surface area contributed by atoms with E-state index >= 15 is 0 Å². The summed E-state index contributed by atoms with van der Waals surface area (Å²) in [5, 5.41) is 3.16. The molecule has 4 heteroatoms. The van der Waals surface area contributed by atoms with Crippen molar-refractivity contribution in [3.05, 3.63) is 29.3 Å². The molecule has 1 saturated carbocycles. The van der Waals surface area contributed by atoms with E-state index < -0.39 is 0 Å². The van der Waals surface area contributed by atoms with Gasteiger partial charge in [0.2, 0.25) is 11.8 Å². The molecule has 0 bridgehead atoms. The lowest BCUT2D eigenvalue weighted by molar-refractivity contribution is -0.127. The van der Waals surface area contributed by atoms with E-state index in [0.717, 1.165) is 29.7 Å². The third-order valence-electron chi connectivity index (χ3n) is 5.10. The summed E-state index contributed by atoms with van der Waals surface area (Å²) in [7, 11) is 0. The second kappa shape index (κ2) is 6.73. The molecule has 0 spiro atoms. The number of carbonyl (C=O) groups is 2. The zero-order chi connectivity index (χ0) is 16.4. The second-order valence-electron chi connectivity index (χ2n) is 7.04. The quantitative estimate of drug-likeness (QED) is 0.932. The van der Waals surface area contributed by atoms with Crippen LogP contribution in [0.4, 0.5) is 5.69 Å². The van der Waals surface area contributed by atoms with Crippen LogP contribution in [0.25, 0.3) is 0 Å². The summed E-state index contributed by atoms with van der Waals surface area (Å²) in [6, 6.07) is 6.43. The maximum Gasteiger partial charge on any atom is 0.227 e. The molecular weight excluding hydrogens is 288 g/mol. The van der Waals surface area contributed by atoms with Gasteiger partial charge in [0.1, 0.15) is 0 Å². The third kappa shape index (κ3) is 3.57. The molecule has 1 aromatic rings. The standard InChI is InChI=1S/C19H26N2O2/c1-13-8-9-14(2)17(10-13)21-12-15(11-18(21)22)19(23)20-16-6-4-3-5-7-16/h8-10,15-16H,3-7,11-12H2,1-2H3,(H,20,23)/t15-/m0/s1. The lowest BCUT2D eigenvalue weighted by atomic mass is 9.95. The van der Waals surface area contributed by atoms with Gasteiger partial charge in [-0.25, -0.2) is 0 Å². The molecule has 1 saturated heterocycles. The van der Waals surface area contributed by atoms with Crippen LogP contribution in [-0.4, -0.2) is 24.4 Å². The van der Waals surface area contributed by atoms with Crippen molar-refractivity contribution in [3.63, 3.8) is 0 Å². The maximum atomic E-state index is 12.5. The average molecular weight is 314 g/mol. The molecule has 0 aromatic heterocycles. The van der Waals surface area contributed by atoms with E-state index in [9.17, 15) is 9.59 Å². The predicted molar refractivity (Wildman–Crippen MR) is 91.4 cm³/mol. The summed E-state index contributed by atoms with van der Waals surface area (Å²) < 4.78 is 0. The zero-order valence-electron chi connectivity index (χ0n) is 14.1. The summed E-state index contributed by atoms with van der Waals surface area (Å²) in [5.74, 6) is -0.107. The molecule has 1 heterocycles. The first-order valence-electron chi connectivity index (χ1n) is 8.72. The van der Waals surface area contributed by atoms with Gasteiger partial charge in [0, 0.05) is 24.7 Å². The summed E-state index contributed by atoms with van der Waals surface area (Å²) in [5.41, 5.74) is 3.16. The van der Waals surface area contributed by atoms with Gasteiger partial charge in [-0.15, -0.1) is 0 Å². The van der Waals surface area contributed by atoms with Gasteiger partial charge in [-0.2, -0.15) is 0 Å². The van der Waals surface area contributed by atoms with E-state index in [2.05, 4.69) is 5.32 Å². The Morgan fingerprint density at radius 3 is 2.65 bits per heavy atom. The van der Waals surface area contributed by atoms with E-state index in [1.54, 1.807) is 4.90 Å². The molecule has 0 unspecified atom stereocenters. The van der Waals surface area contributed by atoms with Crippen molar-refractivity contribution in [1.82, 2.24) is 5.32 Å². The number of amides is 2. The van der Waals surface area contributed by atoms with Crippen LogP contribution in [0.5, 0.6) is 0 Å². The Bertz CT molecular complexity index is 605. The molecule has 124 valence electrons. The normalized spacial score (nSPS) is 22.4. The average Bonchev–Trinajstić information content (AvgIpc) is 2.92. The van der Waals surface area contributed by atoms with Crippen LogP contribution < -0.4 is 10.2 Å². The van der Waals surface area contributed by atoms with Crippen LogP contribution in [-0.2, 0) is 9.59 Å². The van der Waals surface area contributed by atoms with Crippen molar-refractivity contribution in [1.29, 1.82) is 0 Å². The minimum Gasteiger partial charge on any atom is -0.353 e. The highest BCUT2D eigenvalue weighted by atomic mass is 16.2. The van der Waals surface area contributed by atoms with E-state index in [0.29, 0.717) is 19.0 Å². The SMILES string of the molecule is Cc1ccc(C)c(N2C[C@@H](C(=O)NC3CCCCC3)CC2=O)c1. The molecule has 1 aliphatic heterocycles. The van der Waals surface area contributed by atoms with Crippen molar-refractivity contribution in [2.45, 2.75) is 58.4 Å². The number of anilines is 1. The van der Waals surface area contributed by atoms with E-state index in [1.165, 1.54) is 19.3 Å². The predicted octanol–water partition coefficient (Wildman–Crippen LogP) is 3.11. The molecule has 3 rings (SSSR count). The van der Waals surface area contributed by atoms with Crippen molar-refractivity contribution >= 4 is 17.5 Å². The van der Waals surface area contributed by atoms with Crippen LogP contribution in [0.1, 0.15) is 49.7 Å². The first-order valence-corrected chi connectivity index (χ1v) is 8.72. The third-order valence-corrected chi connectivity index (χ3v) is 5.10. The lowest BCUT2D eigenvalue weighted by Gasteiger charge is -2.24. The Kier molecular flexibility index (Phi) is 4.69. The van der Waals surface area contributed by atoms with Crippen LogP contribution in [0.15, 0.2) is 18.2 Å². The number of nitrogens with zero attached hydrogens (tertiary/aromatic N) is 1.